The number of thioether (sulfide) groups is 1. The maximum Gasteiger partial charge on any atom is 0.416 e. The quantitative estimate of drug-likeness (QED) is 0.154. The molecule has 6 atom stereocenters. The number of nitrogens with zero attached hydrogens (tertiary/aromatic N) is 3. The average molecular weight is 564 g/mol. The molecule has 1 N–H and O–H groups in total. The highest BCUT2D eigenvalue weighted by atomic mass is 32.2. The van der Waals surface area contributed by atoms with Crippen LogP contribution in [0.3, 0.4) is 0 Å². The van der Waals surface area contributed by atoms with Gasteiger partial charge in [0.25, 0.3) is 0 Å². The van der Waals surface area contributed by atoms with Crippen molar-refractivity contribution in [3.63, 3.8) is 0 Å². The number of azide groups is 1. The Bertz CT molecular complexity index is 1070. The molecule has 0 bridgehead atoms. The molecule has 0 amide bonds. The van der Waals surface area contributed by atoms with Crippen molar-refractivity contribution in [3.05, 3.63) is 45.8 Å². The monoisotopic (exact) mass is 563 g/mol. The van der Waals surface area contributed by atoms with Gasteiger partial charge >= 0.3 is 24.1 Å². The van der Waals surface area contributed by atoms with Gasteiger partial charge in [-0.25, -0.2) is 0 Å². The zero-order valence-corrected chi connectivity index (χ0v) is 22.0. The SMILES string of the molecule is CC(=O)OC[C@H]1O[C@@H](SC(c2ccccc2C(F)(F)F)C(C)(C)O)[C@H](OC(C)=O)[C@@H](N=[N+]=[N-])[C@H]1OC(C)=O. The Hall–Kier alpha value is -3.00. The number of hydrogen-bond donors (Lipinski definition) is 1. The van der Waals surface area contributed by atoms with Gasteiger partial charge in [-0.05, 0) is 31.0 Å². The van der Waals surface area contributed by atoms with Crippen LogP contribution in [0.25, 0.3) is 10.4 Å². The van der Waals surface area contributed by atoms with Crippen molar-refractivity contribution in [1.82, 2.24) is 0 Å². The third-order valence-electron chi connectivity index (χ3n) is 5.32. The number of ether oxygens (including phenoxy) is 4. The molecule has 0 saturated carbocycles. The van der Waals surface area contributed by atoms with Gasteiger partial charge in [-0.15, -0.1) is 11.8 Å². The summed E-state index contributed by atoms with van der Waals surface area (Å²) in [5.74, 6) is -2.38. The molecule has 0 spiro atoms. The van der Waals surface area contributed by atoms with Gasteiger partial charge in [0.2, 0.25) is 0 Å². The number of halogens is 3. The highest BCUT2D eigenvalue weighted by Gasteiger charge is 2.52. The van der Waals surface area contributed by atoms with Crippen LogP contribution >= 0.6 is 11.8 Å². The van der Waals surface area contributed by atoms with Crippen LogP contribution in [0, 0.1) is 0 Å². The van der Waals surface area contributed by atoms with Gasteiger partial charge in [0.1, 0.15) is 36.4 Å². The Balaban J connectivity index is 2.64. The minimum atomic E-state index is -4.75. The van der Waals surface area contributed by atoms with Crippen molar-refractivity contribution in [2.45, 2.75) is 81.4 Å². The zero-order chi connectivity index (χ0) is 28.8. The van der Waals surface area contributed by atoms with Crippen molar-refractivity contribution >= 4 is 29.7 Å². The Labute approximate surface area is 220 Å². The van der Waals surface area contributed by atoms with Gasteiger partial charge in [0.15, 0.2) is 0 Å². The first-order valence-corrected chi connectivity index (χ1v) is 12.2. The minimum Gasteiger partial charge on any atom is -0.463 e. The number of rotatable bonds is 9. The standard InChI is InChI=1S/C23H28F3N3O8S/c1-11(30)34-10-16-18(35-12(2)31)17(28-29-27)19(36-13(3)32)21(37-16)38-20(22(4,5)33)14-8-6-7-9-15(14)23(24,25)26/h6-9,16-21,33H,10H2,1-5H3/t16-,17+,18+,19-,20?,21+/m1/s1. The van der Waals surface area contributed by atoms with Crippen LogP contribution in [0.1, 0.15) is 51.0 Å². The predicted octanol–water partition coefficient (Wildman–Crippen LogP) is 4.08. The molecule has 15 heteroatoms. The highest BCUT2D eigenvalue weighted by molar-refractivity contribution is 8.00. The lowest BCUT2D eigenvalue weighted by Gasteiger charge is -2.45. The van der Waals surface area contributed by atoms with E-state index in [1.807, 2.05) is 0 Å². The summed E-state index contributed by atoms with van der Waals surface area (Å²) in [5, 5.41) is 13.2. The molecular weight excluding hydrogens is 535 g/mol. The summed E-state index contributed by atoms with van der Waals surface area (Å²) in [6, 6.07) is 3.22. The first kappa shape index (κ1) is 31.2. The average Bonchev–Trinajstić information content (AvgIpc) is 2.77. The van der Waals surface area contributed by atoms with Gasteiger partial charge in [0.05, 0.1) is 16.4 Å². The predicted molar refractivity (Wildman–Crippen MR) is 127 cm³/mol. The third kappa shape index (κ3) is 8.25. The molecule has 1 fully saturated rings. The fraction of sp³-hybridized carbons (Fsp3) is 0.609. The largest absolute Gasteiger partial charge is 0.463 e. The van der Waals surface area contributed by atoms with E-state index in [1.165, 1.54) is 32.0 Å². The van der Waals surface area contributed by atoms with Crippen LogP contribution in [-0.2, 0) is 39.5 Å². The summed E-state index contributed by atoms with van der Waals surface area (Å²) in [6.07, 6.45) is -8.86. The lowest BCUT2D eigenvalue weighted by atomic mass is 9.94. The number of carbonyl (C=O) groups is 3. The van der Waals surface area contributed by atoms with Gasteiger partial charge in [-0.1, -0.05) is 23.3 Å². The molecular formula is C23H28F3N3O8S. The molecule has 1 heterocycles. The van der Waals surface area contributed by atoms with Crippen LogP contribution in [0.4, 0.5) is 13.2 Å². The molecule has 1 aliphatic rings. The van der Waals surface area contributed by atoms with Crippen LogP contribution < -0.4 is 0 Å². The maximum atomic E-state index is 13.9. The van der Waals surface area contributed by atoms with Crippen LogP contribution in [0.5, 0.6) is 0 Å². The molecule has 0 aliphatic carbocycles. The second-order valence-corrected chi connectivity index (χ2v) is 10.2. The molecule has 0 aromatic heterocycles. The number of esters is 3. The van der Waals surface area contributed by atoms with Gasteiger partial charge in [-0.2, -0.15) is 13.2 Å². The van der Waals surface area contributed by atoms with Crippen molar-refractivity contribution in [2.75, 3.05) is 6.61 Å². The van der Waals surface area contributed by atoms with Gasteiger partial charge < -0.3 is 24.1 Å². The van der Waals surface area contributed by atoms with E-state index in [-0.39, 0.29) is 5.56 Å². The number of alkyl halides is 3. The first-order valence-electron chi connectivity index (χ1n) is 11.3. The molecule has 1 aromatic carbocycles. The highest BCUT2D eigenvalue weighted by Crippen LogP contribution is 2.48. The summed E-state index contributed by atoms with van der Waals surface area (Å²) in [4.78, 5) is 38.0. The molecule has 0 radical (unpaired) electrons. The number of carbonyl (C=O) groups excluding carboxylic acids is 3. The molecule has 1 aliphatic heterocycles. The van der Waals surface area contributed by atoms with Crippen molar-refractivity contribution < 1.29 is 51.6 Å². The zero-order valence-electron chi connectivity index (χ0n) is 21.2. The van der Waals surface area contributed by atoms with E-state index in [9.17, 15) is 38.2 Å². The van der Waals surface area contributed by atoms with Crippen LogP contribution in [0.2, 0.25) is 0 Å². The normalized spacial score (nSPS) is 24.5. The summed E-state index contributed by atoms with van der Waals surface area (Å²) >= 11 is 0.681. The molecule has 1 aromatic rings. The van der Waals surface area contributed by atoms with Crippen molar-refractivity contribution in [3.8, 4) is 0 Å². The topological polar surface area (TPSA) is 157 Å². The smallest absolute Gasteiger partial charge is 0.416 e. The fourth-order valence-corrected chi connectivity index (χ4v) is 5.45. The van der Waals surface area contributed by atoms with E-state index < -0.39 is 76.9 Å². The Morgan fingerprint density at radius 1 is 1.11 bits per heavy atom. The van der Waals surface area contributed by atoms with Gasteiger partial charge in [0, 0.05) is 25.7 Å². The van der Waals surface area contributed by atoms with Gasteiger partial charge in [-0.3, -0.25) is 14.4 Å². The summed E-state index contributed by atoms with van der Waals surface area (Å²) in [6.45, 7) is 5.33. The second-order valence-electron chi connectivity index (χ2n) is 8.94. The summed E-state index contributed by atoms with van der Waals surface area (Å²) in [7, 11) is 0. The Morgan fingerprint density at radius 3 is 2.18 bits per heavy atom. The van der Waals surface area contributed by atoms with E-state index in [4.69, 9.17) is 18.9 Å². The number of hydrogen-bond acceptors (Lipinski definition) is 10. The number of aliphatic hydroxyl groups is 1. The maximum absolute atomic E-state index is 13.9. The van der Waals surface area contributed by atoms with E-state index in [2.05, 4.69) is 10.0 Å². The van der Waals surface area contributed by atoms with Crippen molar-refractivity contribution in [2.24, 2.45) is 5.11 Å². The van der Waals surface area contributed by atoms with E-state index >= 15 is 0 Å². The second kappa shape index (κ2) is 12.7. The summed E-state index contributed by atoms with van der Waals surface area (Å²) in [5.41, 5.74) is 4.79. The molecule has 210 valence electrons. The minimum absolute atomic E-state index is 0.276. The first-order chi connectivity index (χ1) is 17.6. The molecule has 11 nitrogen and oxygen atoms in total. The number of benzene rings is 1. The summed E-state index contributed by atoms with van der Waals surface area (Å²) < 4.78 is 63.1. The molecule has 1 unspecified atom stereocenters. The van der Waals surface area contributed by atoms with E-state index in [0.29, 0.717) is 11.8 Å². The Morgan fingerprint density at radius 2 is 1.68 bits per heavy atom. The lowest BCUT2D eigenvalue weighted by Crippen LogP contribution is -2.59. The van der Waals surface area contributed by atoms with E-state index in [1.54, 1.807) is 0 Å². The van der Waals surface area contributed by atoms with Crippen LogP contribution in [0.15, 0.2) is 29.4 Å². The van der Waals surface area contributed by atoms with E-state index in [0.717, 1.165) is 26.8 Å². The third-order valence-corrected chi connectivity index (χ3v) is 7.07. The lowest BCUT2D eigenvalue weighted by molar-refractivity contribution is -0.201. The Kier molecular flexibility index (Phi) is 10.4. The fourth-order valence-electron chi connectivity index (χ4n) is 3.92. The molecule has 38 heavy (non-hydrogen) atoms. The van der Waals surface area contributed by atoms with Crippen LogP contribution in [-0.4, -0.2) is 65.0 Å². The molecule has 2 rings (SSSR count). The van der Waals surface area contributed by atoms with Crippen molar-refractivity contribution in [1.29, 1.82) is 0 Å². The molecule has 1 saturated heterocycles.